The third-order valence-electron chi connectivity index (χ3n) is 3.57. The lowest BCUT2D eigenvalue weighted by atomic mass is 10.2. The molecule has 0 aliphatic rings. The van der Waals surface area contributed by atoms with Crippen LogP contribution in [0.2, 0.25) is 0 Å². The molecule has 5 nitrogen and oxygen atoms in total. The van der Waals surface area contributed by atoms with E-state index in [4.69, 9.17) is 5.73 Å². The predicted molar refractivity (Wildman–Crippen MR) is 93.7 cm³/mol. The zero-order valence-corrected chi connectivity index (χ0v) is 14.3. The number of rotatable bonds is 5. The van der Waals surface area contributed by atoms with E-state index in [2.05, 4.69) is 4.98 Å². The van der Waals surface area contributed by atoms with E-state index in [1.165, 1.54) is 15.6 Å². The Morgan fingerprint density at radius 3 is 2.61 bits per heavy atom. The number of hydrogen-bond acceptors (Lipinski definition) is 5. The number of nitrogens with two attached hydrogens (primary N) is 1. The number of sulfonamides is 1. The van der Waals surface area contributed by atoms with E-state index in [9.17, 15) is 8.42 Å². The minimum atomic E-state index is -3.56. The van der Waals surface area contributed by atoms with Gasteiger partial charge in [0.25, 0.3) is 0 Å². The molecular formula is C16H17N3O2S2. The highest BCUT2D eigenvalue weighted by Gasteiger charge is 2.23. The van der Waals surface area contributed by atoms with Gasteiger partial charge in [0.1, 0.15) is 0 Å². The minimum absolute atomic E-state index is 0.270. The average Bonchev–Trinajstić information content (AvgIpc) is 2.92. The van der Waals surface area contributed by atoms with Crippen molar-refractivity contribution in [3.8, 4) is 0 Å². The highest BCUT2D eigenvalue weighted by Crippen LogP contribution is 2.28. The number of fused-ring (bicyclic) bond motifs is 1. The van der Waals surface area contributed by atoms with Gasteiger partial charge in [-0.15, -0.1) is 0 Å². The molecule has 0 unspecified atom stereocenters. The lowest BCUT2D eigenvalue weighted by Crippen LogP contribution is -2.30. The summed E-state index contributed by atoms with van der Waals surface area (Å²) in [5.41, 5.74) is 7.36. The van der Waals surface area contributed by atoms with Crippen LogP contribution in [0.4, 0.5) is 5.13 Å². The van der Waals surface area contributed by atoms with Crippen molar-refractivity contribution in [2.24, 2.45) is 0 Å². The monoisotopic (exact) mass is 347 g/mol. The van der Waals surface area contributed by atoms with Crippen LogP contribution in [0.3, 0.4) is 0 Å². The van der Waals surface area contributed by atoms with Gasteiger partial charge in [0.2, 0.25) is 10.0 Å². The van der Waals surface area contributed by atoms with Gasteiger partial charge >= 0.3 is 0 Å². The van der Waals surface area contributed by atoms with Gasteiger partial charge < -0.3 is 5.73 Å². The Kier molecular flexibility index (Phi) is 4.34. The van der Waals surface area contributed by atoms with Crippen molar-refractivity contribution in [1.82, 2.24) is 9.29 Å². The lowest BCUT2D eigenvalue weighted by Gasteiger charge is -2.20. The Morgan fingerprint density at radius 2 is 1.91 bits per heavy atom. The van der Waals surface area contributed by atoms with Crippen molar-refractivity contribution < 1.29 is 8.42 Å². The maximum Gasteiger partial charge on any atom is 0.243 e. The molecule has 120 valence electrons. The second-order valence-electron chi connectivity index (χ2n) is 5.10. The van der Waals surface area contributed by atoms with Crippen molar-refractivity contribution in [1.29, 1.82) is 0 Å². The molecule has 3 aromatic rings. The van der Waals surface area contributed by atoms with Gasteiger partial charge in [0, 0.05) is 13.1 Å². The summed E-state index contributed by atoms with van der Waals surface area (Å²) < 4.78 is 28.0. The summed E-state index contributed by atoms with van der Waals surface area (Å²) in [7, 11) is -3.56. The summed E-state index contributed by atoms with van der Waals surface area (Å²) >= 11 is 1.29. The molecule has 0 spiro atoms. The van der Waals surface area contributed by atoms with Gasteiger partial charge in [-0.1, -0.05) is 48.6 Å². The van der Waals surface area contributed by atoms with E-state index in [-0.39, 0.29) is 4.90 Å². The summed E-state index contributed by atoms with van der Waals surface area (Å²) in [5, 5.41) is 0.436. The van der Waals surface area contributed by atoms with Crippen LogP contribution in [0.1, 0.15) is 12.5 Å². The van der Waals surface area contributed by atoms with Crippen molar-refractivity contribution in [2.45, 2.75) is 18.4 Å². The van der Waals surface area contributed by atoms with E-state index in [0.717, 1.165) is 15.8 Å². The molecule has 3 rings (SSSR count). The Labute approximate surface area is 139 Å². The Bertz CT molecular complexity index is 921. The van der Waals surface area contributed by atoms with Crippen molar-refractivity contribution in [3.63, 3.8) is 0 Å². The van der Waals surface area contributed by atoms with Crippen molar-refractivity contribution in [2.75, 3.05) is 12.3 Å². The van der Waals surface area contributed by atoms with Gasteiger partial charge in [0.15, 0.2) is 5.13 Å². The summed E-state index contributed by atoms with van der Waals surface area (Å²) in [4.78, 5) is 4.43. The number of nitrogens with zero attached hydrogens (tertiary/aromatic N) is 2. The zero-order valence-electron chi connectivity index (χ0n) is 12.6. The summed E-state index contributed by atoms with van der Waals surface area (Å²) in [5.74, 6) is 0. The van der Waals surface area contributed by atoms with Crippen molar-refractivity contribution >= 4 is 36.7 Å². The molecule has 0 saturated carbocycles. The first-order valence-corrected chi connectivity index (χ1v) is 9.46. The van der Waals surface area contributed by atoms with Crippen LogP contribution in [0.15, 0.2) is 53.4 Å². The average molecular weight is 347 g/mol. The zero-order chi connectivity index (χ0) is 16.4. The number of thiazole rings is 1. The van der Waals surface area contributed by atoms with Crippen LogP contribution >= 0.6 is 11.3 Å². The van der Waals surface area contributed by atoms with Crippen LogP contribution in [0.5, 0.6) is 0 Å². The molecule has 0 fully saturated rings. The van der Waals surface area contributed by atoms with Crippen LogP contribution in [-0.2, 0) is 16.6 Å². The maximum atomic E-state index is 12.9. The third-order valence-corrected chi connectivity index (χ3v) is 6.33. The Hall–Kier alpha value is -1.96. The first-order chi connectivity index (χ1) is 11.0. The number of anilines is 1. The highest BCUT2D eigenvalue weighted by molar-refractivity contribution is 7.89. The van der Waals surface area contributed by atoms with Crippen LogP contribution < -0.4 is 5.73 Å². The molecule has 0 saturated heterocycles. The topological polar surface area (TPSA) is 76.3 Å². The van der Waals surface area contributed by atoms with Gasteiger partial charge in [0.05, 0.1) is 15.1 Å². The first kappa shape index (κ1) is 15.9. The molecule has 7 heteroatoms. The molecule has 0 radical (unpaired) electrons. The summed E-state index contributed by atoms with van der Waals surface area (Å²) in [6.07, 6.45) is 0. The fourth-order valence-electron chi connectivity index (χ4n) is 2.39. The molecule has 0 atom stereocenters. The van der Waals surface area contributed by atoms with Gasteiger partial charge in [-0.2, -0.15) is 4.31 Å². The second kappa shape index (κ2) is 6.27. The number of benzene rings is 2. The van der Waals surface area contributed by atoms with Crippen LogP contribution in [0, 0.1) is 0 Å². The summed E-state index contributed by atoms with van der Waals surface area (Å²) in [6, 6.07) is 14.5. The molecule has 1 heterocycles. The normalized spacial score (nSPS) is 12.1. The van der Waals surface area contributed by atoms with E-state index in [1.54, 1.807) is 18.2 Å². The molecule has 0 amide bonds. The minimum Gasteiger partial charge on any atom is -0.375 e. The SMILES string of the molecule is CCN(Cc1ccccc1)S(=O)(=O)c1ccc2nc(N)sc2c1. The van der Waals surface area contributed by atoms with Crippen LogP contribution in [0.25, 0.3) is 10.2 Å². The maximum absolute atomic E-state index is 12.9. The molecule has 0 aliphatic heterocycles. The van der Waals surface area contributed by atoms with Crippen molar-refractivity contribution in [3.05, 3.63) is 54.1 Å². The van der Waals surface area contributed by atoms with Gasteiger partial charge in [-0.05, 0) is 23.8 Å². The molecule has 2 N–H and O–H groups in total. The van der Waals surface area contributed by atoms with Gasteiger partial charge in [-0.3, -0.25) is 0 Å². The molecule has 1 aromatic heterocycles. The van der Waals surface area contributed by atoms with Gasteiger partial charge in [-0.25, -0.2) is 13.4 Å². The standard InChI is InChI=1S/C16H17N3O2S2/c1-2-19(11-12-6-4-3-5-7-12)23(20,21)13-8-9-14-15(10-13)22-16(17)18-14/h3-10H,2,11H2,1H3,(H2,17,18). The van der Waals surface area contributed by atoms with E-state index < -0.39 is 10.0 Å². The number of nitrogen functional groups attached to an aromatic ring is 1. The molecule has 0 aliphatic carbocycles. The quantitative estimate of drug-likeness (QED) is 0.769. The molecule has 0 bridgehead atoms. The summed E-state index contributed by atoms with van der Waals surface area (Å²) in [6.45, 7) is 2.59. The second-order valence-corrected chi connectivity index (χ2v) is 8.10. The fraction of sp³-hybridized carbons (Fsp3) is 0.188. The largest absolute Gasteiger partial charge is 0.375 e. The predicted octanol–water partition coefficient (Wildman–Crippen LogP) is 3.09. The van der Waals surface area contributed by atoms with E-state index in [0.29, 0.717) is 18.2 Å². The number of hydrogen-bond donors (Lipinski definition) is 1. The highest BCUT2D eigenvalue weighted by atomic mass is 32.2. The Morgan fingerprint density at radius 1 is 1.17 bits per heavy atom. The van der Waals surface area contributed by atoms with Crippen LogP contribution in [-0.4, -0.2) is 24.3 Å². The van der Waals surface area contributed by atoms with E-state index >= 15 is 0 Å². The molecule has 23 heavy (non-hydrogen) atoms. The van der Waals surface area contributed by atoms with E-state index in [1.807, 2.05) is 37.3 Å². The fourth-order valence-corrected chi connectivity index (χ4v) is 4.70. The molecule has 2 aromatic carbocycles. The molecular weight excluding hydrogens is 330 g/mol. The Balaban J connectivity index is 1.96. The number of aromatic nitrogens is 1. The third kappa shape index (κ3) is 3.21. The lowest BCUT2D eigenvalue weighted by molar-refractivity contribution is 0.423. The first-order valence-electron chi connectivity index (χ1n) is 7.21. The smallest absolute Gasteiger partial charge is 0.243 e.